The lowest BCUT2D eigenvalue weighted by Crippen LogP contribution is -2.14. The van der Waals surface area contributed by atoms with Gasteiger partial charge >= 0.3 is 0 Å². The third-order valence-electron chi connectivity index (χ3n) is 3.83. The molecule has 0 saturated carbocycles. The number of carbonyl (C=O) groups is 1. The lowest BCUT2D eigenvalue weighted by molar-refractivity contribution is 0.102. The minimum atomic E-state index is -3.78. The summed E-state index contributed by atoms with van der Waals surface area (Å²) in [5, 5.41) is 3.16. The Bertz CT molecular complexity index is 1100. The molecule has 0 aliphatic heterocycles. The van der Waals surface area contributed by atoms with Gasteiger partial charge in [-0.3, -0.25) is 9.52 Å². The molecule has 3 rings (SSSR count). The summed E-state index contributed by atoms with van der Waals surface area (Å²) in [6, 6.07) is 19.0. The maximum Gasteiger partial charge on any atom is 0.261 e. The molecule has 0 aromatic heterocycles. The van der Waals surface area contributed by atoms with Crippen LogP contribution in [0, 0.1) is 0 Å². The largest absolute Gasteiger partial charge is 0.497 e. The van der Waals surface area contributed by atoms with Crippen molar-refractivity contribution < 1.29 is 17.9 Å². The maximum absolute atomic E-state index is 12.5. The second-order valence-electron chi connectivity index (χ2n) is 5.83. The molecule has 144 valence electrons. The number of benzene rings is 3. The summed E-state index contributed by atoms with van der Waals surface area (Å²) in [4.78, 5) is 12.3. The average Bonchev–Trinajstić information content (AvgIpc) is 2.68. The highest BCUT2D eigenvalue weighted by Gasteiger charge is 2.15. The number of hydrogen-bond acceptors (Lipinski definition) is 4. The van der Waals surface area contributed by atoms with Crippen LogP contribution in [0.4, 0.5) is 11.4 Å². The highest BCUT2D eigenvalue weighted by molar-refractivity contribution is 7.92. The van der Waals surface area contributed by atoms with Crippen LogP contribution in [0.15, 0.2) is 77.7 Å². The molecule has 0 aliphatic rings. The van der Waals surface area contributed by atoms with E-state index in [1.54, 1.807) is 48.5 Å². The molecule has 28 heavy (non-hydrogen) atoms. The van der Waals surface area contributed by atoms with Crippen molar-refractivity contribution in [2.24, 2.45) is 0 Å². The Labute approximate surface area is 168 Å². The number of methoxy groups -OCH3 is 1. The van der Waals surface area contributed by atoms with Gasteiger partial charge in [-0.25, -0.2) is 8.42 Å². The molecule has 0 heterocycles. The van der Waals surface area contributed by atoms with E-state index in [1.165, 1.54) is 31.4 Å². The van der Waals surface area contributed by atoms with Crippen molar-refractivity contribution in [3.63, 3.8) is 0 Å². The summed E-state index contributed by atoms with van der Waals surface area (Å²) in [5.41, 5.74) is 1.26. The fraction of sp³-hybridized carbons (Fsp3) is 0.0500. The zero-order valence-corrected chi connectivity index (χ0v) is 16.4. The highest BCUT2D eigenvalue weighted by Crippen LogP contribution is 2.22. The van der Waals surface area contributed by atoms with E-state index in [1.807, 2.05) is 0 Å². The molecule has 0 saturated heterocycles. The molecule has 0 fully saturated rings. The molecule has 1 amide bonds. The van der Waals surface area contributed by atoms with E-state index in [2.05, 4.69) is 10.0 Å². The normalized spacial score (nSPS) is 10.9. The summed E-state index contributed by atoms with van der Waals surface area (Å²) in [5.74, 6) is 0.201. The molecule has 0 radical (unpaired) electrons. The minimum absolute atomic E-state index is 0.0658. The number of hydrogen-bond donors (Lipinski definition) is 2. The predicted octanol–water partition coefficient (Wildman–Crippen LogP) is 4.40. The Balaban J connectivity index is 1.73. The number of rotatable bonds is 6. The van der Waals surface area contributed by atoms with Gasteiger partial charge in [-0.2, -0.15) is 0 Å². The number of anilines is 2. The van der Waals surface area contributed by atoms with Crippen molar-refractivity contribution in [1.29, 1.82) is 0 Å². The monoisotopic (exact) mass is 416 g/mol. The first-order valence-electron chi connectivity index (χ1n) is 8.21. The van der Waals surface area contributed by atoms with Gasteiger partial charge in [-0.1, -0.05) is 23.7 Å². The van der Waals surface area contributed by atoms with Gasteiger partial charge in [0.1, 0.15) is 5.75 Å². The van der Waals surface area contributed by atoms with Crippen LogP contribution < -0.4 is 14.8 Å². The van der Waals surface area contributed by atoms with Crippen LogP contribution in [0.25, 0.3) is 0 Å². The Morgan fingerprint density at radius 1 is 0.929 bits per heavy atom. The Kier molecular flexibility index (Phi) is 5.87. The van der Waals surface area contributed by atoms with Gasteiger partial charge < -0.3 is 10.1 Å². The van der Waals surface area contributed by atoms with E-state index in [0.717, 1.165) is 0 Å². The minimum Gasteiger partial charge on any atom is -0.497 e. The number of amides is 1. The first-order chi connectivity index (χ1) is 13.4. The van der Waals surface area contributed by atoms with Gasteiger partial charge in [-0.15, -0.1) is 0 Å². The van der Waals surface area contributed by atoms with Crippen LogP contribution in [-0.2, 0) is 10.0 Å². The zero-order valence-electron chi connectivity index (χ0n) is 14.8. The molecule has 3 aromatic carbocycles. The molecule has 3 aromatic rings. The van der Waals surface area contributed by atoms with Gasteiger partial charge in [0.05, 0.1) is 17.7 Å². The maximum atomic E-state index is 12.5. The molecule has 0 bridgehead atoms. The summed E-state index contributed by atoms with van der Waals surface area (Å²) < 4.78 is 32.7. The van der Waals surface area contributed by atoms with E-state index in [0.29, 0.717) is 27.7 Å². The summed E-state index contributed by atoms with van der Waals surface area (Å²) in [6.07, 6.45) is 0. The predicted molar refractivity (Wildman–Crippen MR) is 110 cm³/mol. The molecule has 6 nitrogen and oxygen atoms in total. The molecular formula is C20H17ClN2O4S. The summed E-state index contributed by atoms with van der Waals surface area (Å²) in [7, 11) is -2.27. The van der Waals surface area contributed by atoms with Crippen LogP contribution in [0.3, 0.4) is 0 Å². The van der Waals surface area contributed by atoms with Crippen molar-refractivity contribution in [2.75, 3.05) is 17.1 Å². The second-order valence-corrected chi connectivity index (χ2v) is 7.95. The summed E-state index contributed by atoms with van der Waals surface area (Å²) in [6.45, 7) is 0. The van der Waals surface area contributed by atoms with Crippen LogP contribution in [0.1, 0.15) is 10.4 Å². The lowest BCUT2D eigenvalue weighted by Gasteiger charge is -2.10. The van der Waals surface area contributed by atoms with Crippen molar-refractivity contribution in [3.05, 3.63) is 83.4 Å². The van der Waals surface area contributed by atoms with E-state index < -0.39 is 10.0 Å². The third-order valence-corrected chi connectivity index (χ3v) is 5.46. The van der Waals surface area contributed by atoms with Crippen molar-refractivity contribution in [1.82, 2.24) is 0 Å². The SMILES string of the molecule is COc1cccc(NS(=O)(=O)c2ccc(NC(=O)c3cccc(Cl)c3)cc2)c1. The standard InChI is InChI=1S/C20H17ClN2O4S/c1-27-18-7-3-6-17(13-18)23-28(25,26)19-10-8-16(9-11-19)22-20(24)14-4-2-5-15(21)12-14/h2-13,23H,1H3,(H,22,24). The quantitative estimate of drug-likeness (QED) is 0.623. The van der Waals surface area contributed by atoms with E-state index in [9.17, 15) is 13.2 Å². The molecule has 0 aliphatic carbocycles. The molecule has 0 spiro atoms. The zero-order chi connectivity index (χ0) is 20.1. The Hall–Kier alpha value is -3.03. The molecule has 2 N–H and O–H groups in total. The third kappa shape index (κ3) is 4.82. The van der Waals surface area contributed by atoms with Gasteiger partial charge in [0.15, 0.2) is 0 Å². The molecule has 0 atom stereocenters. The molecule has 8 heteroatoms. The first-order valence-corrected chi connectivity index (χ1v) is 10.1. The van der Waals surface area contributed by atoms with Gasteiger partial charge in [0.25, 0.3) is 15.9 Å². The number of carbonyl (C=O) groups excluding carboxylic acids is 1. The number of sulfonamides is 1. The van der Waals surface area contributed by atoms with Crippen LogP contribution in [-0.4, -0.2) is 21.4 Å². The van der Waals surface area contributed by atoms with Crippen molar-refractivity contribution in [2.45, 2.75) is 4.90 Å². The number of ether oxygens (including phenoxy) is 1. The van der Waals surface area contributed by atoms with Gasteiger partial charge in [-0.05, 0) is 54.6 Å². The fourth-order valence-corrected chi connectivity index (χ4v) is 3.69. The van der Waals surface area contributed by atoms with E-state index >= 15 is 0 Å². The molecular weight excluding hydrogens is 400 g/mol. The van der Waals surface area contributed by atoms with E-state index in [4.69, 9.17) is 16.3 Å². The fourth-order valence-electron chi connectivity index (χ4n) is 2.45. The number of halogens is 1. The molecule has 0 unspecified atom stereocenters. The van der Waals surface area contributed by atoms with Crippen molar-refractivity contribution in [3.8, 4) is 5.75 Å². The smallest absolute Gasteiger partial charge is 0.261 e. The first kappa shape index (κ1) is 19.7. The van der Waals surface area contributed by atoms with Crippen LogP contribution in [0.2, 0.25) is 5.02 Å². The topological polar surface area (TPSA) is 84.5 Å². The highest BCUT2D eigenvalue weighted by atomic mass is 35.5. The number of nitrogens with one attached hydrogen (secondary N) is 2. The van der Waals surface area contributed by atoms with Gasteiger partial charge in [0, 0.05) is 22.3 Å². The Morgan fingerprint density at radius 3 is 2.32 bits per heavy atom. The van der Waals surface area contributed by atoms with Crippen LogP contribution >= 0.6 is 11.6 Å². The average molecular weight is 417 g/mol. The van der Waals surface area contributed by atoms with E-state index in [-0.39, 0.29) is 10.8 Å². The summed E-state index contributed by atoms with van der Waals surface area (Å²) >= 11 is 5.89. The lowest BCUT2D eigenvalue weighted by atomic mass is 10.2. The second kappa shape index (κ2) is 8.33. The van der Waals surface area contributed by atoms with Gasteiger partial charge in [0.2, 0.25) is 0 Å². The Morgan fingerprint density at radius 2 is 1.64 bits per heavy atom. The van der Waals surface area contributed by atoms with Crippen LogP contribution in [0.5, 0.6) is 5.75 Å². The van der Waals surface area contributed by atoms with Crippen molar-refractivity contribution >= 4 is 38.9 Å².